The minimum atomic E-state index is -0.671. The van der Waals surface area contributed by atoms with Gasteiger partial charge in [-0.15, -0.1) is 0 Å². The van der Waals surface area contributed by atoms with Crippen molar-refractivity contribution in [2.24, 2.45) is 11.5 Å². The van der Waals surface area contributed by atoms with E-state index in [4.69, 9.17) is 23.1 Å². The number of rotatable bonds is 6. The van der Waals surface area contributed by atoms with Crippen LogP contribution >= 0.6 is 11.6 Å². The average Bonchev–Trinajstić information content (AvgIpc) is 2.65. The highest BCUT2D eigenvalue weighted by atomic mass is 35.5. The molecule has 4 N–H and O–H groups in total. The predicted octanol–water partition coefficient (Wildman–Crippen LogP) is 3.80. The standard InChI is InChI=1S/C20H21ClN4O2/c1-20(23,12-22)18(10-13-2-5-15(6-3-13)25(26)27)16-8-9-24-19-11-14(21)4-7-17(16)19/h2-9,11,18H,10,12,22-23H2,1H3. The zero-order valence-electron chi connectivity index (χ0n) is 14.9. The van der Waals surface area contributed by atoms with E-state index in [1.807, 2.05) is 31.2 Å². The number of benzene rings is 2. The lowest BCUT2D eigenvalue weighted by atomic mass is 9.76. The molecule has 0 fully saturated rings. The molecule has 0 spiro atoms. The van der Waals surface area contributed by atoms with Crippen LogP contribution in [0.15, 0.2) is 54.7 Å². The number of nitro groups is 1. The molecule has 0 amide bonds. The SMILES string of the molecule is CC(N)(CN)C(Cc1ccc([N+](=O)[O-])cc1)c1ccnc2cc(Cl)ccc12. The number of aromatic nitrogens is 1. The summed E-state index contributed by atoms with van der Waals surface area (Å²) in [5.74, 6) is -0.101. The largest absolute Gasteiger partial charge is 0.329 e. The summed E-state index contributed by atoms with van der Waals surface area (Å²) < 4.78 is 0. The van der Waals surface area contributed by atoms with Gasteiger partial charge in [0.1, 0.15) is 0 Å². The fourth-order valence-corrected chi connectivity index (χ4v) is 3.44. The van der Waals surface area contributed by atoms with Crippen LogP contribution in [0.4, 0.5) is 5.69 Å². The average molecular weight is 385 g/mol. The van der Waals surface area contributed by atoms with Gasteiger partial charge in [-0.1, -0.05) is 29.8 Å². The second-order valence-electron chi connectivity index (χ2n) is 6.95. The molecule has 2 aromatic carbocycles. The van der Waals surface area contributed by atoms with E-state index in [9.17, 15) is 10.1 Å². The van der Waals surface area contributed by atoms with E-state index in [0.29, 0.717) is 18.0 Å². The normalized spacial score (nSPS) is 14.7. The third-order valence-electron chi connectivity index (χ3n) is 4.94. The van der Waals surface area contributed by atoms with Crippen LogP contribution in [0.1, 0.15) is 24.0 Å². The maximum absolute atomic E-state index is 10.9. The summed E-state index contributed by atoms with van der Waals surface area (Å²) in [5.41, 5.74) is 14.7. The van der Waals surface area contributed by atoms with Gasteiger partial charge in [-0.2, -0.15) is 0 Å². The molecule has 2 atom stereocenters. The maximum Gasteiger partial charge on any atom is 0.269 e. The van der Waals surface area contributed by atoms with Gasteiger partial charge in [-0.3, -0.25) is 15.1 Å². The van der Waals surface area contributed by atoms with Crippen molar-refractivity contribution >= 4 is 28.2 Å². The summed E-state index contributed by atoms with van der Waals surface area (Å²) in [7, 11) is 0. The fraction of sp³-hybridized carbons (Fsp3) is 0.250. The van der Waals surface area contributed by atoms with Crippen LogP contribution in [0.5, 0.6) is 0 Å². The fourth-order valence-electron chi connectivity index (χ4n) is 3.28. The van der Waals surface area contributed by atoms with Crippen LogP contribution in [0, 0.1) is 10.1 Å². The molecule has 2 unspecified atom stereocenters. The van der Waals surface area contributed by atoms with E-state index in [2.05, 4.69) is 4.98 Å². The van der Waals surface area contributed by atoms with Gasteiger partial charge in [0.15, 0.2) is 0 Å². The monoisotopic (exact) mass is 384 g/mol. The molecule has 140 valence electrons. The minimum absolute atomic E-state index is 0.0636. The topological polar surface area (TPSA) is 108 Å². The van der Waals surface area contributed by atoms with Crippen LogP contribution in [0.3, 0.4) is 0 Å². The zero-order chi connectivity index (χ0) is 19.6. The highest BCUT2D eigenvalue weighted by molar-refractivity contribution is 6.31. The highest BCUT2D eigenvalue weighted by Crippen LogP contribution is 2.35. The number of nitrogens with zero attached hydrogens (tertiary/aromatic N) is 2. The number of pyridine rings is 1. The van der Waals surface area contributed by atoms with E-state index in [1.165, 1.54) is 12.1 Å². The van der Waals surface area contributed by atoms with Gasteiger partial charge in [0, 0.05) is 46.7 Å². The first kappa shape index (κ1) is 19.2. The number of non-ortho nitro benzene ring substituents is 1. The van der Waals surface area contributed by atoms with Crippen molar-refractivity contribution in [2.45, 2.75) is 24.8 Å². The van der Waals surface area contributed by atoms with E-state index < -0.39 is 10.5 Å². The molecule has 0 aliphatic heterocycles. The number of halogens is 1. The summed E-state index contributed by atoms with van der Waals surface area (Å²) in [4.78, 5) is 14.9. The van der Waals surface area contributed by atoms with Crippen molar-refractivity contribution in [3.63, 3.8) is 0 Å². The van der Waals surface area contributed by atoms with Crippen molar-refractivity contribution in [3.05, 3.63) is 81.0 Å². The molecule has 1 aromatic heterocycles. The first-order chi connectivity index (χ1) is 12.8. The molecule has 0 aliphatic carbocycles. The number of nitro benzene ring substituents is 1. The van der Waals surface area contributed by atoms with Crippen molar-refractivity contribution in [2.75, 3.05) is 6.54 Å². The Morgan fingerprint density at radius 2 is 1.93 bits per heavy atom. The molecule has 0 radical (unpaired) electrons. The Kier molecular flexibility index (Phi) is 5.41. The van der Waals surface area contributed by atoms with Crippen molar-refractivity contribution in [1.29, 1.82) is 0 Å². The first-order valence-electron chi connectivity index (χ1n) is 8.58. The van der Waals surface area contributed by atoms with Gasteiger partial charge in [-0.25, -0.2) is 0 Å². The first-order valence-corrected chi connectivity index (χ1v) is 8.96. The van der Waals surface area contributed by atoms with Gasteiger partial charge in [0.2, 0.25) is 0 Å². The van der Waals surface area contributed by atoms with Gasteiger partial charge in [-0.05, 0) is 42.7 Å². The van der Waals surface area contributed by atoms with E-state index in [1.54, 1.807) is 18.3 Å². The van der Waals surface area contributed by atoms with Crippen LogP contribution < -0.4 is 11.5 Å². The van der Waals surface area contributed by atoms with E-state index >= 15 is 0 Å². The number of nitrogens with two attached hydrogens (primary N) is 2. The van der Waals surface area contributed by atoms with Crippen LogP contribution in [0.2, 0.25) is 5.02 Å². The molecule has 7 heteroatoms. The van der Waals surface area contributed by atoms with E-state index in [-0.39, 0.29) is 11.6 Å². The molecule has 0 saturated carbocycles. The summed E-state index contributed by atoms with van der Waals surface area (Å²) in [5, 5.41) is 12.5. The van der Waals surface area contributed by atoms with E-state index in [0.717, 1.165) is 22.0 Å². The Hall–Kier alpha value is -2.54. The van der Waals surface area contributed by atoms with Crippen molar-refractivity contribution in [3.8, 4) is 0 Å². The lowest BCUT2D eigenvalue weighted by Crippen LogP contribution is -2.50. The Morgan fingerprint density at radius 1 is 1.22 bits per heavy atom. The number of hydrogen-bond acceptors (Lipinski definition) is 5. The Balaban J connectivity index is 2.06. The molecule has 1 heterocycles. The molecule has 3 rings (SSSR count). The molecule has 27 heavy (non-hydrogen) atoms. The summed E-state index contributed by atoms with van der Waals surface area (Å²) >= 11 is 6.10. The van der Waals surface area contributed by atoms with Crippen molar-refractivity contribution in [1.82, 2.24) is 4.98 Å². The Morgan fingerprint density at radius 3 is 2.56 bits per heavy atom. The summed E-state index contributed by atoms with van der Waals surface area (Å²) in [6, 6.07) is 14.1. The van der Waals surface area contributed by atoms with Crippen LogP contribution in [-0.4, -0.2) is 22.0 Å². The second kappa shape index (κ2) is 7.60. The second-order valence-corrected chi connectivity index (χ2v) is 7.39. The van der Waals surface area contributed by atoms with Gasteiger partial charge >= 0.3 is 0 Å². The maximum atomic E-state index is 10.9. The van der Waals surface area contributed by atoms with Gasteiger partial charge in [0.05, 0.1) is 10.4 Å². The molecule has 0 bridgehead atoms. The molecule has 6 nitrogen and oxygen atoms in total. The predicted molar refractivity (Wildman–Crippen MR) is 108 cm³/mol. The van der Waals surface area contributed by atoms with Crippen LogP contribution in [0.25, 0.3) is 10.9 Å². The number of hydrogen-bond donors (Lipinski definition) is 2. The van der Waals surface area contributed by atoms with Crippen LogP contribution in [-0.2, 0) is 6.42 Å². The quantitative estimate of drug-likeness (QED) is 0.496. The Labute approximate surface area is 162 Å². The highest BCUT2D eigenvalue weighted by Gasteiger charge is 2.31. The summed E-state index contributed by atoms with van der Waals surface area (Å²) in [6.45, 7) is 2.22. The zero-order valence-corrected chi connectivity index (χ0v) is 15.7. The molecular weight excluding hydrogens is 364 g/mol. The van der Waals surface area contributed by atoms with Crippen molar-refractivity contribution < 1.29 is 4.92 Å². The Bertz CT molecular complexity index is 973. The smallest absolute Gasteiger partial charge is 0.269 e. The molecule has 0 saturated heterocycles. The lowest BCUT2D eigenvalue weighted by Gasteiger charge is -2.34. The molecule has 3 aromatic rings. The third kappa shape index (κ3) is 4.08. The minimum Gasteiger partial charge on any atom is -0.329 e. The number of fused-ring (bicyclic) bond motifs is 1. The molecular formula is C20H21ClN4O2. The third-order valence-corrected chi connectivity index (χ3v) is 5.17. The van der Waals surface area contributed by atoms with Gasteiger partial charge in [0.25, 0.3) is 5.69 Å². The van der Waals surface area contributed by atoms with Gasteiger partial charge < -0.3 is 11.5 Å². The lowest BCUT2D eigenvalue weighted by molar-refractivity contribution is -0.384. The molecule has 0 aliphatic rings. The summed E-state index contributed by atoms with van der Waals surface area (Å²) in [6.07, 6.45) is 2.34.